The Morgan fingerprint density at radius 3 is 2.75 bits per heavy atom. The summed E-state index contributed by atoms with van der Waals surface area (Å²) in [5, 5.41) is 10.1. The Morgan fingerprint density at radius 1 is 1.40 bits per heavy atom. The number of urea groups is 1. The smallest absolute Gasteiger partial charge is 0.329 e. The highest BCUT2D eigenvalue weighted by atomic mass is 32.2. The molecule has 2 unspecified atom stereocenters. The van der Waals surface area contributed by atoms with E-state index in [0.717, 1.165) is 31.7 Å². The molecule has 2 fully saturated rings. The number of nitrogens with zero attached hydrogens (tertiary/aromatic N) is 2. The van der Waals surface area contributed by atoms with Crippen molar-refractivity contribution in [1.82, 2.24) is 9.80 Å². The van der Waals surface area contributed by atoms with E-state index in [1.165, 1.54) is 0 Å². The fraction of sp³-hybridized carbons (Fsp3) is 0.857. The van der Waals surface area contributed by atoms with E-state index in [0.29, 0.717) is 24.6 Å². The fourth-order valence-electron chi connectivity index (χ4n) is 3.32. The molecule has 2 amide bonds. The number of carboxylic acids is 1. The lowest BCUT2D eigenvalue weighted by atomic mass is 9.91. The third kappa shape index (κ3) is 2.75. The van der Waals surface area contributed by atoms with Crippen LogP contribution in [0.15, 0.2) is 0 Å². The van der Waals surface area contributed by atoms with Crippen LogP contribution >= 0.6 is 11.8 Å². The van der Waals surface area contributed by atoms with Crippen molar-refractivity contribution < 1.29 is 14.7 Å². The molecule has 6 heteroatoms. The van der Waals surface area contributed by atoms with E-state index < -0.39 is 11.5 Å². The number of rotatable bonds is 3. The number of carboxylic acid groups (broad SMARTS) is 1. The summed E-state index contributed by atoms with van der Waals surface area (Å²) in [6, 6.07) is -0.0782. The Labute approximate surface area is 124 Å². The van der Waals surface area contributed by atoms with Gasteiger partial charge in [0.15, 0.2) is 0 Å². The molecule has 2 rings (SSSR count). The van der Waals surface area contributed by atoms with E-state index in [1.54, 1.807) is 4.90 Å². The molecule has 2 heterocycles. The van der Waals surface area contributed by atoms with E-state index in [4.69, 9.17) is 0 Å². The zero-order valence-electron chi connectivity index (χ0n) is 12.3. The van der Waals surface area contributed by atoms with Gasteiger partial charge in [-0.25, -0.2) is 9.59 Å². The molecule has 2 aliphatic rings. The minimum atomic E-state index is -0.973. The molecule has 0 aromatic rings. The van der Waals surface area contributed by atoms with Crippen LogP contribution < -0.4 is 0 Å². The molecule has 0 aliphatic carbocycles. The summed E-state index contributed by atoms with van der Waals surface area (Å²) in [5.74, 6) is 0.0962. The van der Waals surface area contributed by atoms with Gasteiger partial charge in [-0.15, -0.1) is 0 Å². The Hall–Kier alpha value is -0.910. The maximum atomic E-state index is 12.7. The zero-order chi connectivity index (χ0) is 14.8. The van der Waals surface area contributed by atoms with Crippen LogP contribution in [0.3, 0.4) is 0 Å². The van der Waals surface area contributed by atoms with Crippen LogP contribution in [-0.2, 0) is 4.79 Å². The first-order valence-electron chi connectivity index (χ1n) is 7.43. The molecule has 114 valence electrons. The molecule has 0 aromatic carbocycles. The largest absolute Gasteiger partial charge is 0.479 e. The lowest BCUT2D eigenvalue weighted by Gasteiger charge is -2.40. The van der Waals surface area contributed by atoms with Crippen LogP contribution in [0, 0.1) is 0 Å². The van der Waals surface area contributed by atoms with Gasteiger partial charge in [-0.1, -0.05) is 20.3 Å². The van der Waals surface area contributed by atoms with Crippen molar-refractivity contribution in [3.8, 4) is 0 Å². The van der Waals surface area contributed by atoms with Gasteiger partial charge in [0.2, 0.25) is 0 Å². The summed E-state index contributed by atoms with van der Waals surface area (Å²) in [7, 11) is 0. The topological polar surface area (TPSA) is 60.9 Å². The molecule has 0 aromatic heterocycles. The van der Waals surface area contributed by atoms with Gasteiger partial charge in [0, 0.05) is 30.6 Å². The highest BCUT2D eigenvalue weighted by Crippen LogP contribution is 2.35. The van der Waals surface area contributed by atoms with Crippen LogP contribution in [0.5, 0.6) is 0 Å². The van der Waals surface area contributed by atoms with Crippen LogP contribution in [0.1, 0.15) is 39.5 Å². The average molecular weight is 300 g/mol. The molecule has 2 saturated heterocycles. The molecule has 0 bridgehead atoms. The number of hydrogen-bond donors (Lipinski definition) is 1. The number of hydrogen-bond acceptors (Lipinski definition) is 3. The summed E-state index contributed by atoms with van der Waals surface area (Å²) < 4.78 is 0. The van der Waals surface area contributed by atoms with Crippen LogP contribution in [0.4, 0.5) is 4.79 Å². The summed E-state index contributed by atoms with van der Waals surface area (Å²) in [4.78, 5) is 27.9. The SMILES string of the molecule is CCCC1(C(=O)O)CCCN1C(=O)N1CCSC(C)C1. The van der Waals surface area contributed by atoms with Crippen molar-refractivity contribution in [1.29, 1.82) is 0 Å². The van der Waals surface area contributed by atoms with Crippen LogP contribution in [-0.4, -0.2) is 63.1 Å². The summed E-state index contributed by atoms with van der Waals surface area (Å²) in [6.07, 6.45) is 2.70. The highest BCUT2D eigenvalue weighted by molar-refractivity contribution is 7.99. The van der Waals surface area contributed by atoms with Gasteiger partial charge in [0.1, 0.15) is 5.54 Å². The van der Waals surface area contributed by atoms with Crippen molar-refractivity contribution >= 4 is 23.8 Å². The standard InChI is InChI=1S/C14H24N2O3S/c1-3-5-14(12(17)18)6-4-7-16(14)13(19)15-8-9-20-11(2)10-15/h11H,3-10H2,1-2H3,(H,17,18). The monoisotopic (exact) mass is 300 g/mol. The highest BCUT2D eigenvalue weighted by Gasteiger charge is 2.50. The molecule has 20 heavy (non-hydrogen) atoms. The molecule has 0 radical (unpaired) electrons. The first kappa shape index (κ1) is 15.5. The van der Waals surface area contributed by atoms with Crippen molar-refractivity contribution in [3.63, 3.8) is 0 Å². The van der Waals surface area contributed by atoms with Gasteiger partial charge in [0.05, 0.1) is 0 Å². The van der Waals surface area contributed by atoms with Crippen molar-refractivity contribution in [3.05, 3.63) is 0 Å². The minimum absolute atomic E-state index is 0.0782. The van der Waals surface area contributed by atoms with E-state index >= 15 is 0 Å². The third-order valence-corrected chi connectivity index (χ3v) is 5.43. The van der Waals surface area contributed by atoms with Gasteiger partial charge < -0.3 is 14.9 Å². The molecular weight excluding hydrogens is 276 g/mol. The average Bonchev–Trinajstić information content (AvgIpc) is 2.83. The van der Waals surface area contributed by atoms with E-state index in [1.807, 2.05) is 23.6 Å². The maximum Gasteiger partial charge on any atom is 0.329 e. The number of aliphatic carboxylic acids is 1. The second kappa shape index (κ2) is 6.24. The predicted octanol–water partition coefficient (Wildman–Crippen LogP) is 2.26. The predicted molar refractivity (Wildman–Crippen MR) is 80.1 cm³/mol. The first-order valence-corrected chi connectivity index (χ1v) is 8.47. The molecule has 2 aliphatic heterocycles. The molecule has 1 N–H and O–H groups in total. The summed E-state index contributed by atoms with van der Waals surface area (Å²) in [6.45, 7) is 6.12. The normalized spacial score (nSPS) is 30.6. The Bertz CT molecular complexity index is 391. The Balaban J connectivity index is 2.16. The van der Waals surface area contributed by atoms with Crippen molar-refractivity contribution in [2.24, 2.45) is 0 Å². The van der Waals surface area contributed by atoms with Gasteiger partial charge in [-0.2, -0.15) is 11.8 Å². The van der Waals surface area contributed by atoms with Gasteiger partial charge in [0.25, 0.3) is 0 Å². The molecule has 5 nitrogen and oxygen atoms in total. The number of amides is 2. The maximum absolute atomic E-state index is 12.7. The van der Waals surface area contributed by atoms with E-state index in [9.17, 15) is 14.7 Å². The second-order valence-corrected chi connectivity index (χ2v) is 7.30. The van der Waals surface area contributed by atoms with Crippen molar-refractivity contribution in [2.75, 3.05) is 25.4 Å². The molecular formula is C14H24N2O3S. The molecule has 0 saturated carbocycles. The number of carbonyl (C=O) groups excluding carboxylic acids is 1. The Morgan fingerprint density at radius 2 is 2.15 bits per heavy atom. The number of carbonyl (C=O) groups is 2. The minimum Gasteiger partial charge on any atom is -0.479 e. The van der Waals surface area contributed by atoms with Gasteiger partial charge in [-0.05, 0) is 19.3 Å². The van der Waals surface area contributed by atoms with E-state index in [-0.39, 0.29) is 6.03 Å². The number of thioether (sulfide) groups is 1. The third-order valence-electron chi connectivity index (χ3n) is 4.29. The quantitative estimate of drug-likeness (QED) is 0.868. The second-order valence-electron chi connectivity index (χ2n) is 5.75. The van der Waals surface area contributed by atoms with E-state index in [2.05, 4.69) is 6.92 Å². The summed E-state index contributed by atoms with van der Waals surface area (Å²) in [5.41, 5.74) is -0.973. The molecule has 0 spiro atoms. The van der Waals surface area contributed by atoms with Gasteiger partial charge >= 0.3 is 12.0 Å². The molecule has 2 atom stereocenters. The lowest BCUT2D eigenvalue weighted by Crippen LogP contribution is -2.58. The lowest BCUT2D eigenvalue weighted by molar-refractivity contribution is -0.148. The zero-order valence-corrected chi connectivity index (χ0v) is 13.1. The fourth-order valence-corrected chi connectivity index (χ4v) is 4.34. The van der Waals surface area contributed by atoms with Crippen LogP contribution in [0.25, 0.3) is 0 Å². The Kier molecular flexibility index (Phi) is 4.83. The number of likely N-dealkylation sites (tertiary alicyclic amines) is 1. The summed E-state index contributed by atoms with van der Waals surface area (Å²) >= 11 is 1.87. The van der Waals surface area contributed by atoms with Gasteiger partial charge in [-0.3, -0.25) is 0 Å². The van der Waals surface area contributed by atoms with Crippen molar-refractivity contribution in [2.45, 2.75) is 50.3 Å². The van der Waals surface area contributed by atoms with Crippen LogP contribution in [0.2, 0.25) is 0 Å². The first-order chi connectivity index (χ1) is 9.51.